The fourth-order valence-corrected chi connectivity index (χ4v) is 1.19. The number of furan rings is 1. The first kappa shape index (κ1) is 11.3. The van der Waals surface area contributed by atoms with Crippen molar-refractivity contribution in [3.8, 4) is 0 Å². The highest BCUT2D eigenvalue weighted by molar-refractivity contribution is 5.98. The van der Waals surface area contributed by atoms with Gasteiger partial charge in [0.2, 0.25) is 5.84 Å². The van der Waals surface area contributed by atoms with Crippen LogP contribution in [-0.4, -0.2) is 11.0 Å². The van der Waals surface area contributed by atoms with Crippen LogP contribution in [0.15, 0.2) is 33.8 Å². The third-order valence-corrected chi connectivity index (χ3v) is 1.84. The van der Waals surface area contributed by atoms with E-state index in [4.69, 9.17) is 15.4 Å². The van der Waals surface area contributed by atoms with Crippen LogP contribution in [0.4, 0.5) is 4.39 Å². The molecule has 0 aliphatic carbocycles. The summed E-state index contributed by atoms with van der Waals surface area (Å²) in [6, 6.07) is 5.58. The summed E-state index contributed by atoms with van der Waals surface area (Å²) in [5, 5.41) is 11.8. The molecule has 2 rings (SSSR count). The van der Waals surface area contributed by atoms with Crippen LogP contribution in [0.1, 0.15) is 5.76 Å². The lowest BCUT2D eigenvalue weighted by Gasteiger charge is -1.88. The minimum Gasteiger partial charge on any atom is -0.453 e. The highest BCUT2D eigenvalue weighted by Gasteiger charge is 2.07. The van der Waals surface area contributed by atoms with Gasteiger partial charge >= 0.3 is 0 Å². The van der Waals surface area contributed by atoms with Crippen molar-refractivity contribution in [2.45, 2.75) is 0 Å². The first-order valence-electron chi connectivity index (χ1n) is 3.87. The largest absolute Gasteiger partial charge is 0.453 e. The number of oxime groups is 1. The molecule has 1 aromatic carbocycles. The van der Waals surface area contributed by atoms with Crippen LogP contribution in [0.3, 0.4) is 0 Å². The smallest absolute Gasteiger partial charge is 0.205 e. The van der Waals surface area contributed by atoms with Crippen molar-refractivity contribution in [3.63, 3.8) is 0 Å². The van der Waals surface area contributed by atoms with Gasteiger partial charge in [0.1, 0.15) is 11.4 Å². The lowest BCUT2D eigenvalue weighted by atomic mass is 10.2. The summed E-state index contributed by atoms with van der Waals surface area (Å²) >= 11 is 0. The minimum absolute atomic E-state index is 0. The Labute approximate surface area is 90.6 Å². The van der Waals surface area contributed by atoms with E-state index in [1.54, 1.807) is 0 Å². The summed E-state index contributed by atoms with van der Waals surface area (Å²) in [6.45, 7) is 0. The highest BCUT2D eigenvalue weighted by Crippen LogP contribution is 2.19. The molecular weight excluding hydrogens is 223 g/mol. The average Bonchev–Trinajstić information content (AvgIpc) is 2.59. The fourth-order valence-electron chi connectivity index (χ4n) is 1.19. The standard InChI is InChI=1S/C9H7FN2O2.ClH/c10-6-1-2-7-5(3-6)4-8(14-7)9(11)12-13;/h1-4,13H,(H2,11,12);1H. The van der Waals surface area contributed by atoms with Gasteiger partial charge in [-0.25, -0.2) is 4.39 Å². The normalized spacial score (nSPS) is 11.4. The van der Waals surface area contributed by atoms with Gasteiger partial charge in [-0.15, -0.1) is 12.4 Å². The van der Waals surface area contributed by atoms with E-state index in [1.807, 2.05) is 0 Å². The van der Waals surface area contributed by atoms with Gasteiger partial charge in [0.15, 0.2) is 5.76 Å². The van der Waals surface area contributed by atoms with Crippen molar-refractivity contribution in [2.24, 2.45) is 10.9 Å². The summed E-state index contributed by atoms with van der Waals surface area (Å²) in [4.78, 5) is 0. The van der Waals surface area contributed by atoms with E-state index in [0.29, 0.717) is 11.0 Å². The number of hydrogen-bond acceptors (Lipinski definition) is 3. The molecule has 0 aliphatic rings. The second-order valence-corrected chi connectivity index (χ2v) is 2.78. The van der Waals surface area contributed by atoms with Crippen LogP contribution >= 0.6 is 12.4 Å². The SMILES string of the molecule is Cl.NC(=NO)c1cc2cc(F)ccc2o1. The number of nitrogens with two attached hydrogens (primary N) is 1. The Bertz CT molecular complexity index is 510. The van der Waals surface area contributed by atoms with E-state index in [1.165, 1.54) is 24.3 Å². The van der Waals surface area contributed by atoms with E-state index >= 15 is 0 Å². The molecule has 0 saturated heterocycles. The second-order valence-electron chi connectivity index (χ2n) is 2.78. The Balaban J connectivity index is 0.00000112. The molecule has 0 saturated carbocycles. The quantitative estimate of drug-likeness (QED) is 0.341. The molecule has 0 aliphatic heterocycles. The maximum absolute atomic E-state index is 12.8. The van der Waals surface area contributed by atoms with E-state index in [0.717, 1.165) is 0 Å². The Morgan fingerprint density at radius 2 is 2.13 bits per heavy atom. The molecule has 2 aromatic rings. The number of benzene rings is 1. The molecule has 0 atom stereocenters. The third-order valence-electron chi connectivity index (χ3n) is 1.84. The monoisotopic (exact) mass is 230 g/mol. The van der Waals surface area contributed by atoms with Gasteiger partial charge in [-0.1, -0.05) is 5.16 Å². The number of amidine groups is 1. The van der Waals surface area contributed by atoms with Crippen LogP contribution in [0.2, 0.25) is 0 Å². The summed E-state index contributed by atoms with van der Waals surface area (Å²) in [5.74, 6) is -0.279. The van der Waals surface area contributed by atoms with Crippen molar-refractivity contribution in [1.82, 2.24) is 0 Å². The molecule has 0 spiro atoms. The van der Waals surface area contributed by atoms with Crippen LogP contribution in [0.5, 0.6) is 0 Å². The lowest BCUT2D eigenvalue weighted by Crippen LogP contribution is -2.11. The van der Waals surface area contributed by atoms with Crippen molar-refractivity contribution in [2.75, 3.05) is 0 Å². The summed E-state index contributed by atoms with van der Waals surface area (Å²) in [5.41, 5.74) is 5.80. The zero-order valence-electron chi connectivity index (χ0n) is 7.48. The van der Waals surface area contributed by atoms with Gasteiger partial charge < -0.3 is 15.4 Å². The topological polar surface area (TPSA) is 71.8 Å². The molecule has 80 valence electrons. The molecule has 6 heteroatoms. The molecule has 1 heterocycles. The molecule has 15 heavy (non-hydrogen) atoms. The van der Waals surface area contributed by atoms with E-state index in [9.17, 15) is 4.39 Å². The van der Waals surface area contributed by atoms with Crippen LogP contribution in [0.25, 0.3) is 11.0 Å². The van der Waals surface area contributed by atoms with Crippen LogP contribution in [0, 0.1) is 5.82 Å². The molecule has 4 nitrogen and oxygen atoms in total. The molecule has 1 aromatic heterocycles. The number of fused-ring (bicyclic) bond motifs is 1. The number of nitrogens with zero attached hydrogens (tertiary/aromatic N) is 1. The Kier molecular flexibility index (Phi) is 3.16. The number of halogens is 2. The summed E-state index contributed by atoms with van der Waals surface area (Å²) in [7, 11) is 0. The Morgan fingerprint density at radius 3 is 2.80 bits per heavy atom. The van der Waals surface area contributed by atoms with Crippen molar-refractivity contribution < 1.29 is 14.0 Å². The molecule has 3 N–H and O–H groups in total. The van der Waals surface area contributed by atoms with Crippen molar-refractivity contribution in [1.29, 1.82) is 0 Å². The van der Waals surface area contributed by atoms with E-state index in [2.05, 4.69) is 5.16 Å². The summed E-state index contributed by atoms with van der Waals surface area (Å²) in [6.07, 6.45) is 0. The third kappa shape index (κ3) is 2.02. The highest BCUT2D eigenvalue weighted by atomic mass is 35.5. The van der Waals surface area contributed by atoms with Gasteiger partial charge in [0.25, 0.3) is 0 Å². The Morgan fingerprint density at radius 1 is 1.40 bits per heavy atom. The van der Waals surface area contributed by atoms with Gasteiger partial charge in [-0.3, -0.25) is 0 Å². The minimum atomic E-state index is -0.357. The summed E-state index contributed by atoms with van der Waals surface area (Å²) < 4.78 is 18.0. The van der Waals surface area contributed by atoms with E-state index < -0.39 is 0 Å². The first-order chi connectivity index (χ1) is 6.70. The molecule has 0 amide bonds. The Hall–Kier alpha value is -1.75. The number of rotatable bonds is 1. The van der Waals surface area contributed by atoms with Crippen LogP contribution in [-0.2, 0) is 0 Å². The van der Waals surface area contributed by atoms with E-state index in [-0.39, 0.29) is 29.8 Å². The van der Waals surface area contributed by atoms with Crippen molar-refractivity contribution >= 4 is 29.2 Å². The zero-order chi connectivity index (χ0) is 10.1. The fraction of sp³-hybridized carbons (Fsp3) is 0. The van der Waals surface area contributed by atoms with Crippen molar-refractivity contribution in [3.05, 3.63) is 35.8 Å². The predicted molar refractivity (Wildman–Crippen MR) is 55.9 cm³/mol. The maximum atomic E-state index is 12.8. The maximum Gasteiger partial charge on any atom is 0.205 e. The average molecular weight is 231 g/mol. The lowest BCUT2D eigenvalue weighted by molar-refractivity contribution is 0.317. The zero-order valence-corrected chi connectivity index (χ0v) is 8.29. The van der Waals surface area contributed by atoms with Crippen LogP contribution < -0.4 is 5.73 Å². The molecule has 0 radical (unpaired) electrons. The van der Waals surface area contributed by atoms with Gasteiger partial charge in [-0.05, 0) is 24.3 Å². The molecule has 0 unspecified atom stereocenters. The molecule has 0 bridgehead atoms. The van der Waals surface area contributed by atoms with Gasteiger partial charge in [0.05, 0.1) is 0 Å². The molecular formula is C9H8ClFN2O2. The second kappa shape index (κ2) is 4.18. The molecule has 0 fully saturated rings. The number of hydrogen-bond donors (Lipinski definition) is 2. The van der Waals surface area contributed by atoms with Gasteiger partial charge in [-0.2, -0.15) is 0 Å². The predicted octanol–water partition coefficient (Wildman–Crippen LogP) is 2.09. The first-order valence-corrected chi connectivity index (χ1v) is 3.87. The van der Waals surface area contributed by atoms with Gasteiger partial charge in [0, 0.05) is 5.39 Å².